The topological polar surface area (TPSA) is 55.7 Å². The molecule has 1 heterocycles. The second-order valence-electron chi connectivity index (χ2n) is 3.25. The second-order valence-corrected chi connectivity index (χ2v) is 4.08. The summed E-state index contributed by atoms with van der Waals surface area (Å²) in [6, 6.07) is 0. The third kappa shape index (κ3) is 2.78. The first kappa shape index (κ1) is 11.1. The van der Waals surface area contributed by atoms with Gasteiger partial charge in [-0.15, -0.1) is 16.4 Å². The Labute approximate surface area is 87.8 Å². The number of aryl methyl sites for hydroxylation is 1. The van der Waals surface area contributed by atoms with Gasteiger partial charge in [-0.25, -0.2) is 0 Å². The maximum atomic E-state index is 5.52. The largest absolute Gasteiger partial charge is 0.329 e. The van der Waals surface area contributed by atoms with Crippen LogP contribution in [-0.4, -0.2) is 16.8 Å². The quantitative estimate of drug-likeness (QED) is 0.592. The van der Waals surface area contributed by atoms with E-state index in [1.165, 1.54) is 5.69 Å². The molecule has 14 heavy (non-hydrogen) atoms. The third-order valence-electron chi connectivity index (χ3n) is 1.68. The number of rotatable bonds is 3. The van der Waals surface area contributed by atoms with Gasteiger partial charge in [0.2, 0.25) is 4.80 Å². The minimum atomic E-state index is 0.625. The molecule has 0 saturated carbocycles. The zero-order valence-corrected chi connectivity index (χ0v) is 9.64. The number of nitrogens with zero attached hydrogens (tertiary/aromatic N) is 3. The summed E-state index contributed by atoms with van der Waals surface area (Å²) in [5.74, 6) is 0. The lowest BCUT2D eigenvalue weighted by molar-refractivity contribution is 0.664. The van der Waals surface area contributed by atoms with Crippen LogP contribution in [0.3, 0.4) is 0 Å². The number of hydrogen-bond donors (Lipinski definition) is 1. The van der Waals surface area contributed by atoms with Crippen LogP contribution < -0.4 is 10.5 Å². The van der Waals surface area contributed by atoms with Crippen molar-refractivity contribution in [3.8, 4) is 0 Å². The maximum Gasteiger partial charge on any atom is 0.210 e. The predicted molar refractivity (Wildman–Crippen MR) is 60.4 cm³/mol. The normalized spacial score (nSPS) is 11.9. The molecular formula is C9H16N4S. The van der Waals surface area contributed by atoms with Crippen molar-refractivity contribution in [3.05, 3.63) is 15.9 Å². The van der Waals surface area contributed by atoms with Crippen molar-refractivity contribution in [1.29, 1.82) is 0 Å². The fourth-order valence-electron chi connectivity index (χ4n) is 1.04. The molecule has 0 unspecified atom stereocenters. The molecule has 0 amide bonds. The van der Waals surface area contributed by atoms with Gasteiger partial charge in [0.05, 0.1) is 0 Å². The van der Waals surface area contributed by atoms with Crippen molar-refractivity contribution >= 4 is 17.0 Å². The molecule has 1 aromatic heterocycles. The molecule has 0 fully saturated rings. The van der Waals surface area contributed by atoms with Gasteiger partial charge in [-0.1, -0.05) is 0 Å². The molecule has 78 valence electrons. The van der Waals surface area contributed by atoms with Crippen LogP contribution in [0.1, 0.15) is 19.5 Å². The Kier molecular flexibility index (Phi) is 4.03. The summed E-state index contributed by atoms with van der Waals surface area (Å²) < 4.78 is 2.08. The van der Waals surface area contributed by atoms with Gasteiger partial charge in [0.25, 0.3) is 0 Å². The average Bonchev–Trinajstić information content (AvgIpc) is 2.46. The van der Waals surface area contributed by atoms with Crippen molar-refractivity contribution in [2.45, 2.75) is 27.3 Å². The highest BCUT2D eigenvalue weighted by Crippen LogP contribution is 1.99. The molecule has 1 aromatic rings. The van der Waals surface area contributed by atoms with Crippen LogP contribution in [0, 0.1) is 6.92 Å². The summed E-state index contributed by atoms with van der Waals surface area (Å²) in [4.78, 5) is 0.911. The molecule has 0 radical (unpaired) electrons. The van der Waals surface area contributed by atoms with Crippen LogP contribution in [-0.2, 0) is 6.54 Å². The van der Waals surface area contributed by atoms with Crippen LogP contribution in [0.25, 0.3) is 0 Å². The van der Waals surface area contributed by atoms with Crippen LogP contribution >= 0.6 is 11.3 Å². The smallest absolute Gasteiger partial charge is 0.210 e. The van der Waals surface area contributed by atoms with Gasteiger partial charge in [-0.2, -0.15) is 5.10 Å². The van der Waals surface area contributed by atoms with Gasteiger partial charge < -0.3 is 10.3 Å². The van der Waals surface area contributed by atoms with E-state index in [1.54, 1.807) is 11.3 Å². The first-order chi connectivity index (χ1) is 6.65. The van der Waals surface area contributed by atoms with Crippen LogP contribution in [0.15, 0.2) is 15.6 Å². The van der Waals surface area contributed by atoms with E-state index in [9.17, 15) is 0 Å². The van der Waals surface area contributed by atoms with Gasteiger partial charge in [-0.05, 0) is 20.8 Å². The predicted octanol–water partition coefficient (Wildman–Crippen LogP) is 1.11. The van der Waals surface area contributed by atoms with E-state index in [1.807, 2.05) is 20.8 Å². The van der Waals surface area contributed by atoms with Crippen LogP contribution in [0.4, 0.5) is 0 Å². The van der Waals surface area contributed by atoms with Crippen molar-refractivity contribution in [1.82, 2.24) is 4.57 Å². The van der Waals surface area contributed by atoms with Crippen molar-refractivity contribution in [3.63, 3.8) is 0 Å². The molecule has 0 bridgehead atoms. The SMILES string of the molecule is CC(C)=NN=c1scc(C)n1CCN. The highest BCUT2D eigenvalue weighted by atomic mass is 32.1. The highest BCUT2D eigenvalue weighted by molar-refractivity contribution is 7.07. The fraction of sp³-hybridized carbons (Fsp3) is 0.556. The number of aromatic nitrogens is 1. The monoisotopic (exact) mass is 212 g/mol. The van der Waals surface area contributed by atoms with E-state index in [-0.39, 0.29) is 0 Å². The summed E-state index contributed by atoms with van der Waals surface area (Å²) in [6.45, 7) is 7.33. The Morgan fingerprint density at radius 1 is 1.57 bits per heavy atom. The molecule has 0 aromatic carbocycles. The number of hydrogen-bond acceptors (Lipinski definition) is 4. The van der Waals surface area contributed by atoms with E-state index in [0.29, 0.717) is 6.54 Å². The Bertz CT molecular complexity index is 382. The lowest BCUT2D eigenvalue weighted by Crippen LogP contribution is -2.21. The first-order valence-electron chi connectivity index (χ1n) is 4.55. The molecule has 1 rings (SSSR count). The molecule has 2 N–H and O–H groups in total. The molecular weight excluding hydrogens is 196 g/mol. The maximum absolute atomic E-state index is 5.52. The van der Waals surface area contributed by atoms with E-state index >= 15 is 0 Å². The standard InChI is InChI=1S/C9H16N4S/c1-7(2)11-12-9-13(5-4-10)8(3)6-14-9/h6H,4-5,10H2,1-3H3. The molecule has 0 saturated heterocycles. The van der Waals surface area contributed by atoms with Crippen LogP contribution in [0.2, 0.25) is 0 Å². The van der Waals surface area contributed by atoms with E-state index in [4.69, 9.17) is 5.73 Å². The Hall–Kier alpha value is -0.940. The molecule has 0 spiro atoms. The number of nitrogens with two attached hydrogens (primary N) is 1. The van der Waals surface area contributed by atoms with Crippen molar-refractivity contribution in [2.75, 3.05) is 6.54 Å². The highest BCUT2D eigenvalue weighted by Gasteiger charge is 1.98. The third-order valence-corrected chi connectivity index (χ3v) is 2.65. The minimum Gasteiger partial charge on any atom is -0.329 e. The van der Waals surface area contributed by atoms with Crippen molar-refractivity contribution < 1.29 is 0 Å². The number of thiazole rings is 1. The zero-order chi connectivity index (χ0) is 10.6. The lowest BCUT2D eigenvalue weighted by atomic mass is 10.5. The van der Waals surface area contributed by atoms with Crippen molar-refractivity contribution in [2.24, 2.45) is 15.9 Å². The summed E-state index contributed by atoms with van der Waals surface area (Å²) >= 11 is 1.59. The van der Waals surface area contributed by atoms with E-state index in [2.05, 4.69) is 20.1 Å². The van der Waals surface area contributed by atoms with Gasteiger partial charge in [0.15, 0.2) is 0 Å². The van der Waals surface area contributed by atoms with Gasteiger partial charge >= 0.3 is 0 Å². The second kappa shape index (κ2) is 5.07. The Morgan fingerprint density at radius 3 is 2.86 bits per heavy atom. The Balaban J connectivity index is 3.08. The van der Waals surface area contributed by atoms with Gasteiger partial charge in [0, 0.05) is 29.9 Å². The molecule has 0 aliphatic carbocycles. The van der Waals surface area contributed by atoms with Gasteiger partial charge in [0.1, 0.15) is 0 Å². The summed E-state index contributed by atoms with van der Waals surface area (Å²) in [5, 5.41) is 10.3. The lowest BCUT2D eigenvalue weighted by Gasteiger charge is -2.01. The molecule has 0 aliphatic rings. The summed E-state index contributed by atoms with van der Waals surface area (Å²) in [5.41, 5.74) is 7.66. The minimum absolute atomic E-state index is 0.625. The van der Waals surface area contributed by atoms with Gasteiger partial charge in [-0.3, -0.25) is 0 Å². The first-order valence-corrected chi connectivity index (χ1v) is 5.43. The molecule has 5 heteroatoms. The average molecular weight is 212 g/mol. The Morgan fingerprint density at radius 2 is 2.29 bits per heavy atom. The summed E-state index contributed by atoms with van der Waals surface area (Å²) in [6.07, 6.45) is 0. The van der Waals surface area contributed by atoms with E-state index in [0.717, 1.165) is 17.1 Å². The fourth-order valence-corrected chi connectivity index (χ4v) is 1.89. The summed E-state index contributed by atoms with van der Waals surface area (Å²) in [7, 11) is 0. The van der Waals surface area contributed by atoms with Crippen LogP contribution in [0.5, 0.6) is 0 Å². The van der Waals surface area contributed by atoms with E-state index < -0.39 is 0 Å². The molecule has 4 nitrogen and oxygen atoms in total. The molecule has 0 aliphatic heterocycles. The zero-order valence-electron chi connectivity index (χ0n) is 8.82. The molecule has 0 atom stereocenters.